The number of nitrogens with one attached hydrogen (secondary N) is 1. The van der Waals surface area contributed by atoms with Crippen LogP contribution in [0.15, 0.2) is 65.9 Å². The zero-order chi connectivity index (χ0) is 26.4. The fourth-order valence-electron chi connectivity index (χ4n) is 6.19. The quantitative estimate of drug-likeness (QED) is 0.526. The van der Waals surface area contributed by atoms with E-state index in [2.05, 4.69) is 58.7 Å². The van der Waals surface area contributed by atoms with Crippen LogP contribution in [0.5, 0.6) is 0 Å². The molecule has 1 spiro atoms. The second-order valence-electron chi connectivity index (χ2n) is 11.4. The van der Waals surface area contributed by atoms with Gasteiger partial charge >= 0.3 is 0 Å². The van der Waals surface area contributed by atoms with Crippen molar-refractivity contribution in [1.82, 2.24) is 20.0 Å². The van der Waals surface area contributed by atoms with Crippen LogP contribution >= 0.6 is 0 Å². The summed E-state index contributed by atoms with van der Waals surface area (Å²) < 4.78 is 5.59. The van der Waals surface area contributed by atoms with Crippen molar-refractivity contribution in [3.05, 3.63) is 66.5 Å². The fourth-order valence-corrected chi connectivity index (χ4v) is 6.19. The molecule has 2 aromatic carbocycles. The van der Waals surface area contributed by atoms with Crippen molar-refractivity contribution in [3.63, 3.8) is 0 Å². The van der Waals surface area contributed by atoms with Crippen LogP contribution in [0, 0.1) is 11.8 Å². The first kappa shape index (κ1) is 24.3. The van der Waals surface area contributed by atoms with Gasteiger partial charge in [0.05, 0.1) is 6.20 Å². The maximum absolute atomic E-state index is 13.9. The lowest BCUT2D eigenvalue weighted by atomic mass is 9.90. The van der Waals surface area contributed by atoms with Gasteiger partial charge in [-0.15, -0.1) is 0 Å². The lowest BCUT2D eigenvalue weighted by Crippen LogP contribution is -2.47. The third-order valence-electron chi connectivity index (χ3n) is 8.70. The van der Waals surface area contributed by atoms with Gasteiger partial charge in [-0.1, -0.05) is 48.5 Å². The molecule has 2 amide bonds. The molecule has 0 unspecified atom stereocenters. The summed E-state index contributed by atoms with van der Waals surface area (Å²) in [5.41, 5.74) is 4.64. The number of carbonyl (C=O) groups is 2. The first-order chi connectivity index (χ1) is 19.1. The average molecular weight is 524 g/mol. The molecule has 3 aromatic rings. The number of aromatic amines is 1. The Hall–Kier alpha value is -3.78. The molecule has 200 valence electrons. The van der Waals surface area contributed by atoms with Gasteiger partial charge in [-0.05, 0) is 41.9 Å². The smallest absolute Gasteiger partial charge is 0.256 e. The van der Waals surface area contributed by atoms with Crippen molar-refractivity contribution in [2.45, 2.75) is 37.6 Å². The van der Waals surface area contributed by atoms with Crippen LogP contribution in [0.2, 0.25) is 0 Å². The van der Waals surface area contributed by atoms with Crippen molar-refractivity contribution in [3.8, 4) is 22.3 Å². The normalized spacial score (nSPS) is 22.5. The summed E-state index contributed by atoms with van der Waals surface area (Å²) in [6, 6.07) is 16.8. The molecule has 1 N–H and O–H groups in total. The highest BCUT2D eigenvalue weighted by molar-refractivity contribution is 6.15. The number of rotatable bonds is 6. The highest BCUT2D eigenvalue weighted by Gasteiger charge is 2.50. The Kier molecular flexibility index (Phi) is 6.07. The van der Waals surface area contributed by atoms with Gasteiger partial charge < -0.3 is 9.64 Å². The van der Waals surface area contributed by atoms with Crippen LogP contribution in [0.1, 0.15) is 37.7 Å². The molecule has 0 radical (unpaired) electrons. The van der Waals surface area contributed by atoms with Gasteiger partial charge in [-0.3, -0.25) is 24.6 Å². The standard InChI is InChI=1S/C31H33N5O3/c37-29(26-9-10-26)35-14-11-21(19-35)20-36-28(34-31(30(36)38)12-15-39-16-13-31)25-7-5-23(6-8-25)22-1-3-24(4-2-22)27-17-32-33-18-27/h1-8,17-18,21,26H,9-16,19-20H2,(H,32,33)/t21-/m1/s1. The minimum absolute atomic E-state index is 0.0895. The Balaban J connectivity index is 1.12. The summed E-state index contributed by atoms with van der Waals surface area (Å²) in [7, 11) is 0. The van der Waals surface area contributed by atoms with Crippen molar-refractivity contribution < 1.29 is 14.3 Å². The lowest BCUT2D eigenvalue weighted by Gasteiger charge is -2.30. The lowest BCUT2D eigenvalue weighted by molar-refractivity contribution is -0.134. The molecule has 1 saturated carbocycles. The van der Waals surface area contributed by atoms with E-state index in [0.717, 1.165) is 66.0 Å². The first-order valence-corrected chi connectivity index (χ1v) is 14.1. The van der Waals surface area contributed by atoms with E-state index in [1.807, 2.05) is 22.2 Å². The van der Waals surface area contributed by atoms with Crippen LogP contribution in [-0.4, -0.2) is 76.0 Å². The number of ether oxygens (including phenoxy) is 1. The summed E-state index contributed by atoms with van der Waals surface area (Å²) in [6.07, 6.45) is 7.91. The molecule has 2 saturated heterocycles. The van der Waals surface area contributed by atoms with Gasteiger partial charge in [0.2, 0.25) is 5.91 Å². The van der Waals surface area contributed by atoms with Gasteiger partial charge in [-0.25, -0.2) is 0 Å². The number of benzene rings is 2. The van der Waals surface area contributed by atoms with E-state index in [0.29, 0.717) is 38.5 Å². The zero-order valence-corrected chi connectivity index (χ0v) is 22.0. The molecule has 4 heterocycles. The van der Waals surface area contributed by atoms with E-state index in [1.165, 1.54) is 0 Å². The molecular formula is C31H33N5O3. The Morgan fingerprint density at radius 3 is 2.18 bits per heavy atom. The molecule has 3 fully saturated rings. The summed E-state index contributed by atoms with van der Waals surface area (Å²) >= 11 is 0. The maximum atomic E-state index is 13.9. The minimum Gasteiger partial charge on any atom is -0.381 e. The summed E-state index contributed by atoms with van der Waals surface area (Å²) in [4.78, 5) is 35.5. The molecule has 1 atom stereocenters. The molecule has 3 aliphatic heterocycles. The van der Waals surface area contributed by atoms with Crippen LogP contribution in [0.25, 0.3) is 22.3 Å². The van der Waals surface area contributed by atoms with Gasteiger partial charge in [-0.2, -0.15) is 5.10 Å². The molecule has 8 nitrogen and oxygen atoms in total. The Bertz CT molecular complexity index is 1390. The number of likely N-dealkylation sites (tertiary alicyclic amines) is 1. The highest BCUT2D eigenvalue weighted by atomic mass is 16.5. The van der Waals surface area contributed by atoms with Crippen molar-refractivity contribution in [1.29, 1.82) is 0 Å². The number of aromatic nitrogens is 2. The third kappa shape index (κ3) is 4.56. The van der Waals surface area contributed by atoms with Crippen molar-refractivity contribution in [2.75, 3.05) is 32.8 Å². The summed E-state index contributed by atoms with van der Waals surface area (Å²) in [5, 5.41) is 6.89. The predicted octanol–water partition coefficient (Wildman–Crippen LogP) is 4.14. The minimum atomic E-state index is -0.725. The number of H-pyrrole nitrogens is 1. The van der Waals surface area contributed by atoms with E-state index in [1.54, 1.807) is 0 Å². The molecule has 0 bridgehead atoms. The number of amidine groups is 1. The number of aliphatic imine (C=N–C) groups is 1. The van der Waals surface area contributed by atoms with Crippen LogP contribution in [-0.2, 0) is 14.3 Å². The SMILES string of the molecule is O=C(C1CC1)N1CC[C@@H](CN2C(=O)C3(CCOCC3)N=C2c2ccc(-c3ccc(-c4cn[nH]c4)cc3)cc2)C1. The first-order valence-electron chi connectivity index (χ1n) is 14.1. The molecule has 8 heteroatoms. The topological polar surface area (TPSA) is 90.9 Å². The number of carbonyl (C=O) groups excluding carboxylic acids is 2. The number of amides is 2. The summed E-state index contributed by atoms with van der Waals surface area (Å²) in [5.74, 6) is 1.65. The van der Waals surface area contributed by atoms with E-state index >= 15 is 0 Å². The van der Waals surface area contributed by atoms with Gasteiger partial charge in [0.25, 0.3) is 5.91 Å². The van der Waals surface area contributed by atoms with Crippen LogP contribution in [0.4, 0.5) is 0 Å². The molecule has 39 heavy (non-hydrogen) atoms. The number of hydrogen-bond acceptors (Lipinski definition) is 5. The van der Waals surface area contributed by atoms with E-state index < -0.39 is 5.54 Å². The second kappa shape index (κ2) is 9.75. The van der Waals surface area contributed by atoms with Gasteiger partial charge in [0.15, 0.2) is 0 Å². The molecule has 1 aromatic heterocycles. The van der Waals surface area contributed by atoms with Crippen molar-refractivity contribution >= 4 is 17.6 Å². The maximum Gasteiger partial charge on any atom is 0.256 e. The van der Waals surface area contributed by atoms with Crippen LogP contribution in [0.3, 0.4) is 0 Å². The van der Waals surface area contributed by atoms with Gasteiger partial charge in [0, 0.05) is 68.9 Å². The molecule has 1 aliphatic carbocycles. The number of nitrogens with zero attached hydrogens (tertiary/aromatic N) is 4. The monoisotopic (exact) mass is 523 g/mol. The third-order valence-corrected chi connectivity index (χ3v) is 8.70. The average Bonchev–Trinajstić information content (AvgIpc) is 3.37. The highest BCUT2D eigenvalue weighted by Crippen LogP contribution is 2.37. The number of hydrogen-bond donors (Lipinski definition) is 1. The fraction of sp³-hybridized carbons (Fsp3) is 0.419. The molecule has 7 rings (SSSR count). The van der Waals surface area contributed by atoms with E-state index in [4.69, 9.17) is 9.73 Å². The summed E-state index contributed by atoms with van der Waals surface area (Å²) in [6.45, 7) is 3.23. The molecule has 4 aliphatic rings. The van der Waals surface area contributed by atoms with Crippen molar-refractivity contribution in [2.24, 2.45) is 16.8 Å². The Morgan fingerprint density at radius 1 is 0.923 bits per heavy atom. The van der Waals surface area contributed by atoms with Gasteiger partial charge in [0.1, 0.15) is 11.4 Å². The Labute approximate surface area is 228 Å². The van der Waals surface area contributed by atoms with Crippen LogP contribution < -0.4 is 0 Å². The predicted molar refractivity (Wildman–Crippen MR) is 148 cm³/mol. The van der Waals surface area contributed by atoms with E-state index in [-0.39, 0.29) is 17.7 Å². The largest absolute Gasteiger partial charge is 0.381 e. The molecular weight excluding hydrogens is 490 g/mol. The van der Waals surface area contributed by atoms with E-state index in [9.17, 15) is 9.59 Å². The Morgan fingerprint density at radius 2 is 1.56 bits per heavy atom. The zero-order valence-electron chi connectivity index (χ0n) is 22.0. The second-order valence-corrected chi connectivity index (χ2v) is 11.4.